The Bertz CT molecular complexity index is 1080. The highest BCUT2D eigenvalue weighted by atomic mass is 32.2. The molecule has 2 aliphatic rings. The number of methoxy groups -OCH3 is 2. The highest BCUT2D eigenvalue weighted by molar-refractivity contribution is 8.04. The van der Waals surface area contributed by atoms with Gasteiger partial charge >= 0.3 is 0 Å². The molecular formula is C25H29N3O4S. The van der Waals surface area contributed by atoms with Gasteiger partial charge in [-0.2, -0.15) is 0 Å². The largest absolute Gasteiger partial charge is 0.493 e. The van der Waals surface area contributed by atoms with Gasteiger partial charge in [-0.25, -0.2) is 0 Å². The zero-order valence-electron chi connectivity index (χ0n) is 19.2. The van der Waals surface area contributed by atoms with E-state index in [1.165, 1.54) is 24.6 Å². The average molecular weight is 468 g/mol. The number of fused-ring (bicyclic) bond motifs is 1. The number of nitrogens with one attached hydrogen (secondary N) is 1. The van der Waals surface area contributed by atoms with Gasteiger partial charge in [-0.05, 0) is 67.9 Å². The highest BCUT2D eigenvalue weighted by Gasteiger charge is 2.27. The summed E-state index contributed by atoms with van der Waals surface area (Å²) in [6, 6.07) is 11.0. The summed E-state index contributed by atoms with van der Waals surface area (Å²) in [7, 11) is 4.91. The number of carbonyl (C=O) groups excluding carboxylic acids is 2. The first-order valence-electron chi connectivity index (χ1n) is 11.0. The molecule has 1 fully saturated rings. The molecule has 2 amide bonds. The van der Waals surface area contributed by atoms with Crippen LogP contribution in [0.1, 0.15) is 28.8 Å². The van der Waals surface area contributed by atoms with E-state index in [2.05, 4.69) is 10.2 Å². The minimum atomic E-state index is -0.117. The summed E-state index contributed by atoms with van der Waals surface area (Å²) in [5.41, 5.74) is 2.14. The quantitative estimate of drug-likeness (QED) is 0.627. The van der Waals surface area contributed by atoms with Crippen LogP contribution in [0.25, 0.3) is 6.08 Å². The minimum absolute atomic E-state index is 0.116. The van der Waals surface area contributed by atoms with Crippen LogP contribution in [0.4, 0.5) is 5.69 Å². The Morgan fingerprint density at radius 1 is 1.09 bits per heavy atom. The maximum Gasteiger partial charge on any atom is 0.264 e. The molecule has 1 saturated heterocycles. The summed E-state index contributed by atoms with van der Waals surface area (Å²) in [6.07, 6.45) is 4.31. The third-order valence-corrected chi connectivity index (χ3v) is 7.01. The van der Waals surface area contributed by atoms with Gasteiger partial charge in [0.25, 0.3) is 11.8 Å². The molecule has 7 nitrogen and oxygen atoms in total. The molecule has 0 spiro atoms. The standard InChI is InChI=1S/C25H29N3O4S/c1-27-19-16-18(24(29)26-10-13-28-11-4-5-12-28)7-9-22(19)33-23(25(27)30)15-17-6-8-20(31-2)21(14-17)32-3/h6-9,14-16H,4-5,10-13H2,1-3H3,(H,26,29). The van der Waals surface area contributed by atoms with Crippen molar-refractivity contribution in [3.63, 3.8) is 0 Å². The molecule has 2 heterocycles. The molecule has 4 rings (SSSR count). The number of benzene rings is 2. The molecule has 0 bridgehead atoms. The van der Waals surface area contributed by atoms with E-state index in [0.29, 0.717) is 28.5 Å². The summed E-state index contributed by atoms with van der Waals surface area (Å²) in [5, 5.41) is 3.00. The molecule has 2 aromatic carbocycles. The molecule has 0 atom stereocenters. The number of nitrogens with zero attached hydrogens (tertiary/aromatic N) is 2. The maximum atomic E-state index is 13.0. The molecule has 8 heteroatoms. The fourth-order valence-electron chi connectivity index (χ4n) is 4.06. The van der Waals surface area contributed by atoms with Crippen LogP contribution in [-0.2, 0) is 4.79 Å². The van der Waals surface area contributed by atoms with Gasteiger partial charge in [-0.3, -0.25) is 9.59 Å². The fraction of sp³-hybridized carbons (Fsp3) is 0.360. The summed E-state index contributed by atoms with van der Waals surface area (Å²) in [6.45, 7) is 3.71. The molecule has 0 unspecified atom stereocenters. The Balaban J connectivity index is 1.49. The molecule has 0 aliphatic carbocycles. The van der Waals surface area contributed by atoms with Crippen molar-refractivity contribution in [2.24, 2.45) is 0 Å². The van der Waals surface area contributed by atoms with Crippen LogP contribution < -0.4 is 19.7 Å². The average Bonchev–Trinajstić information content (AvgIpc) is 3.35. The van der Waals surface area contributed by atoms with Crippen LogP contribution >= 0.6 is 11.8 Å². The summed E-state index contributed by atoms with van der Waals surface area (Å²) >= 11 is 1.40. The lowest BCUT2D eigenvalue weighted by atomic mass is 10.1. The number of thioether (sulfide) groups is 1. The van der Waals surface area contributed by atoms with E-state index in [9.17, 15) is 9.59 Å². The van der Waals surface area contributed by atoms with Gasteiger partial charge in [0.15, 0.2) is 11.5 Å². The molecule has 0 saturated carbocycles. The number of carbonyl (C=O) groups is 2. The highest BCUT2D eigenvalue weighted by Crippen LogP contribution is 2.42. The predicted molar refractivity (Wildman–Crippen MR) is 131 cm³/mol. The molecule has 2 aliphatic heterocycles. The third-order valence-electron chi connectivity index (χ3n) is 5.94. The minimum Gasteiger partial charge on any atom is -0.493 e. The van der Waals surface area contributed by atoms with Gasteiger partial charge in [0.05, 0.1) is 24.8 Å². The lowest BCUT2D eigenvalue weighted by molar-refractivity contribution is -0.114. The predicted octanol–water partition coefficient (Wildman–Crippen LogP) is 3.64. The number of amides is 2. The van der Waals surface area contributed by atoms with Crippen molar-refractivity contribution in [2.45, 2.75) is 17.7 Å². The molecule has 1 N–H and O–H groups in total. The zero-order valence-corrected chi connectivity index (χ0v) is 20.0. The second-order valence-electron chi connectivity index (χ2n) is 8.08. The topological polar surface area (TPSA) is 71.1 Å². The number of anilines is 1. The number of ether oxygens (including phenoxy) is 2. The summed E-state index contributed by atoms with van der Waals surface area (Å²) in [5.74, 6) is 1.01. The smallest absolute Gasteiger partial charge is 0.264 e. The first kappa shape index (κ1) is 23.2. The van der Waals surface area contributed by atoms with Gasteiger partial charge in [0, 0.05) is 30.6 Å². The second-order valence-corrected chi connectivity index (χ2v) is 9.16. The van der Waals surface area contributed by atoms with Gasteiger partial charge in [0.1, 0.15) is 0 Å². The number of hydrogen-bond donors (Lipinski definition) is 1. The van der Waals surface area contributed by atoms with Crippen LogP contribution in [0.15, 0.2) is 46.2 Å². The van der Waals surface area contributed by atoms with Gasteiger partial charge in [-0.1, -0.05) is 17.8 Å². The van der Waals surface area contributed by atoms with E-state index in [1.54, 1.807) is 32.2 Å². The first-order valence-corrected chi connectivity index (χ1v) is 11.9. The van der Waals surface area contributed by atoms with Gasteiger partial charge < -0.3 is 24.6 Å². The van der Waals surface area contributed by atoms with E-state index >= 15 is 0 Å². The van der Waals surface area contributed by atoms with Crippen molar-refractivity contribution in [1.82, 2.24) is 10.2 Å². The van der Waals surface area contributed by atoms with Crippen molar-refractivity contribution in [2.75, 3.05) is 52.3 Å². The van der Waals surface area contributed by atoms with Crippen LogP contribution in [0.3, 0.4) is 0 Å². The van der Waals surface area contributed by atoms with Crippen LogP contribution in [-0.4, -0.2) is 64.2 Å². The van der Waals surface area contributed by atoms with Crippen LogP contribution in [0.2, 0.25) is 0 Å². The molecule has 174 valence electrons. The molecule has 0 radical (unpaired) electrons. The van der Waals surface area contributed by atoms with E-state index < -0.39 is 0 Å². The van der Waals surface area contributed by atoms with Crippen molar-refractivity contribution < 1.29 is 19.1 Å². The lowest BCUT2D eigenvalue weighted by Gasteiger charge is -2.27. The normalized spacial score (nSPS) is 17.2. The maximum absolute atomic E-state index is 13.0. The summed E-state index contributed by atoms with van der Waals surface area (Å²) in [4.78, 5) is 31.2. The Morgan fingerprint density at radius 3 is 2.58 bits per heavy atom. The van der Waals surface area contributed by atoms with Gasteiger partial charge in [-0.15, -0.1) is 0 Å². The van der Waals surface area contributed by atoms with Crippen LogP contribution in [0, 0.1) is 0 Å². The third kappa shape index (κ3) is 5.17. The van der Waals surface area contributed by atoms with E-state index in [4.69, 9.17) is 9.47 Å². The Hall–Kier alpha value is -2.97. The van der Waals surface area contributed by atoms with E-state index in [0.717, 1.165) is 35.8 Å². The van der Waals surface area contributed by atoms with Crippen molar-refractivity contribution in [3.8, 4) is 11.5 Å². The monoisotopic (exact) mass is 467 g/mol. The van der Waals surface area contributed by atoms with E-state index in [1.807, 2.05) is 36.4 Å². The van der Waals surface area contributed by atoms with Crippen molar-refractivity contribution in [1.29, 1.82) is 0 Å². The van der Waals surface area contributed by atoms with Crippen molar-refractivity contribution >= 4 is 35.3 Å². The number of rotatable bonds is 7. The Labute approximate surface area is 198 Å². The number of likely N-dealkylation sites (N-methyl/N-ethyl adjacent to an activating group) is 1. The fourth-order valence-corrected chi connectivity index (χ4v) is 5.16. The Morgan fingerprint density at radius 2 is 1.85 bits per heavy atom. The van der Waals surface area contributed by atoms with Crippen molar-refractivity contribution in [3.05, 3.63) is 52.4 Å². The second kappa shape index (κ2) is 10.3. The number of hydrogen-bond acceptors (Lipinski definition) is 6. The summed E-state index contributed by atoms with van der Waals surface area (Å²) < 4.78 is 10.7. The SMILES string of the molecule is COc1ccc(C=C2Sc3ccc(C(=O)NCCN4CCCC4)cc3N(C)C2=O)cc1OC. The first-order chi connectivity index (χ1) is 16.0. The molecule has 0 aromatic heterocycles. The van der Waals surface area contributed by atoms with Crippen LogP contribution in [0.5, 0.6) is 11.5 Å². The molecule has 33 heavy (non-hydrogen) atoms. The molecule has 2 aromatic rings. The lowest BCUT2D eigenvalue weighted by Crippen LogP contribution is -2.34. The van der Waals surface area contributed by atoms with Gasteiger partial charge in [0.2, 0.25) is 0 Å². The van der Waals surface area contributed by atoms with E-state index in [-0.39, 0.29) is 11.8 Å². The molecular weight excluding hydrogens is 438 g/mol. The Kier molecular flexibility index (Phi) is 7.25. The number of likely N-dealkylation sites (tertiary alicyclic amines) is 1. The zero-order chi connectivity index (χ0) is 23.4.